The van der Waals surface area contributed by atoms with Crippen molar-refractivity contribution in [2.75, 3.05) is 11.9 Å². The van der Waals surface area contributed by atoms with Gasteiger partial charge >= 0.3 is 0 Å². The molecule has 0 aliphatic rings. The van der Waals surface area contributed by atoms with Crippen LogP contribution in [0, 0.1) is 0 Å². The Morgan fingerprint density at radius 1 is 1.30 bits per heavy atom. The van der Waals surface area contributed by atoms with Gasteiger partial charge in [0.1, 0.15) is 12.1 Å². The molecule has 0 aliphatic carbocycles. The van der Waals surface area contributed by atoms with Gasteiger partial charge in [0, 0.05) is 13.1 Å². The van der Waals surface area contributed by atoms with E-state index < -0.39 is 0 Å². The summed E-state index contributed by atoms with van der Waals surface area (Å²) in [7, 11) is 0. The first kappa shape index (κ1) is 14.3. The first-order valence-electron chi connectivity index (χ1n) is 6.94. The maximum atomic E-state index is 5.87. The van der Waals surface area contributed by atoms with Crippen molar-refractivity contribution in [1.29, 1.82) is 0 Å². The number of hydrogen-bond donors (Lipinski definition) is 1. The molecule has 0 unspecified atom stereocenters. The number of ether oxygens (including phenoxy) is 1. The van der Waals surface area contributed by atoms with Crippen molar-refractivity contribution in [2.45, 2.75) is 40.2 Å². The fraction of sp³-hybridized carbons (Fsp3) is 0.500. The molecule has 6 heteroatoms. The normalized spacial score (nSPS) is 10.8. The van der Waals surface area contributed by atoms with E-state index in [0.29, 0.717) is 11.6 Å². The molecule has 20 heavy (non-hydrogen) atoms. The summed E-state index contributed by atoms with van der Waals surface area (Å²) in [4.78, 5) is 8.55. The van der Waals surface area contributed by atoms with E-state index in [1.54, 1.807) is 6.20 Å². The number of nitrogens with one attached hydrogen (secondary N) is 1. The highest BCUT2D eigenvalue weighted by Crippen LogP contribution is 2.32. The van der Waals surface area contributed by atoms with Gasteiger partial charge in [-0.25, -0.2) is 9.97 Å². The molecule has 6 nitrogen and oxygen atoms in total. The number of aryl methyl sites for hydroxylation is 1. The Hall–Kier alpha value is -2.11. The van der Waals surface area contributed by atoms with E-state index in [1.165, 1.54) is 6.33 Å². The van der Waals surface area contributed by atoms with Gasteiger partial charge in [0.15, 0.2) is 5.75 Å². The summed E-state index contributed by atoms with van der Waals surface area (Å²) < 4.78 is 7.68. The Balaban J connectivity index is 2.32. The van der Waals surface area contributed by atoms with Crippen LogP contribution in [-0.2, 0) is 6.54 Å². The molecule has 2 aromatic rings. The Bertz CT molecular complexity index is 564. The maximum absolute atomic E-state index is 5.87. The van der Waals surface area contributed by atoms with Gasteiger partial charge in [-0.15, -0.1) is 0 Å². The molecule has 0 amide bonds. The Morgan fingerprint density at radius 2 is 2.10 bits per heavy atom. The summed E-state index contributed by atoms with van der Waals surface area (Å²) in [6.07, 6.45) is 5.07. The number of aromatic nitrogens is 4. The van der Waals surface area contributed by atoms with Crippen molar-refractivity contribution in [3.8, 4) is 11.6 Å². The minimum atomic E-state index is 0.265. The van der Waals surface area contributed by atoms with Gasteiger partial charge in [-0.3, -0.25) is 4.68 Å². The molecule has 2 aromatic heterocycles. The van der Waals surface area contributed by atoms with E-state index in [2.05, 4.69) is 34.2 Å². The second-order valence-corrected chi connectivity index (χ2v) is 4.76. The highest BCUT2D eigenvalue weighted by molar-refractivity contribution is 5.51. The monoisotopic (exact) mass is 275 g/mol. The summed E-state index contributed by atoms with van der Waals surface area (Å²) >= 11 is 0. The summed E-state index contributed by atoms with van der Waals surface area (Å²) in [5.74, 6) is 2.37. The highest BCUT2D eigenvalue weighted by atomic mass is 16.5. The summed E-state index contributed by atoms with van der Waals surface area (Å²) in [5.41, 5.74) is 0.985. The minimum Gasteiger partial charge on any atom is -0.435 e. The molecule has 0 aromatic carbocycles. The molecule has 108 valence electrons. The molecule has 0 radical (unpaired) electrons. The number of nitrogens with zero attached hydrogens (tertiary/aromatic N) is 4. The highest BCUT2D eigenvalue weighted by Gasteiger charge is 2.17. The van der Waals surface area contributed by atoms with Gasteiger partial charge in [0.2, 0.25) is 5.88 Å². The number of hydrogen-bond acceptors (Lipinski definition) is 5. The molecule has 0 aliphatic heterocycles. The van der Waals surface area contributed by atoms with E-state index in [-0.39, 0.29) is 5.92 Å². The zero-order valence-electron chi connectivity index (χ0n) is 12.4. The lowest BCUT2D eigenvalue weighted by Crippen LogP contribution is -2.07. The van der Waals surface area contributed by atoms with Gasteiger partial charge in [-0.05, 0) is 19.8 Å². The Labute approximate surface area is 119 Å². The van der Waals surface area contributed by atoms with Crippen molar-refractivity contribution in [2.24, 2.45) is 0 Å². The lowest BCUT2D eigenvalue weighted by atomic mass is 10.1. The van der Waals surface area contributed by atoms with E-state index in [1.807, 2.05) is 24.7 Å². The zero-order valence-corrected chi connectivity index (χ0v) is 12.4. The van der Waals surface area contributed by atoms with Crippen LogP contribution >= 0.6 is 0 Å². The third kappa shape index (κ3) is 3.07. The van der Waals surface area contributed by atoms with Crippen molar-refractivity contribution in [3.63, 3.8) is 0 Å². The van der Waals surface area contributed by atoms with Crippen LogP contribution in [0.15, 0.2) is 18.7 Å². The lowest BCUT2D eigenvalue weighted by molar-refractivity contribution is 0.450. The van der Waals surface area contributed by atoms with Crippen LogP contribution in [0.5, 0.6) is 11.6 Å². The molecule has 0 fully saturated rings. The minimum absolute atomic E-state index is 0.265. The maximum Gasteiger partial charge on any atom is 0.228 e. The van der Waals surface area contributed by atoms with E-state index in [0.717, 1.165) is 24.5 Å². The zero-order chi connectivity index (χ0) is 14.5. The molecule has 0 saturated carbocycles. The predicted octanol–water partition coefficient (Wildman–Crippen LogP) is 3.04. The lowest BCUT2D eigenvalue weighted by Gasteiger charge is -2.15. The molecule has 2 rings (SSSR count). The summed E-state index contributed by atoms with van der Waals surface area (Å²) in [6.45, 7) is 9.89. The third-order valence-electron chi connectivity index (χ3n) is 2.92. The van der Waals surface area contributed by atoms with Crippen LogP contribution in [0.25, 0.3) is 0 Å². The fourth-order valence-corrected chi connectivity index (χ4v) is 1.97. The quantitative estimate of drug-likeness (QED) is 0.877. The van der Waals surface area contributed by atoms with Gasteiger partial charge in [0.25, 0.3) is 0 Å². The van der Waals surface area contributed by atoms with Gasteiger partial charge in [-0.1, -0.05) is 13.8 Å². The van der Waals surface area contributed by atoms with Crippen LogP contribution in [0.4, 0.5) is 5.82 Å². The predicted molar refractivity (Wildman–Crippen MR) is 78.3 cm³/mol. The largest absolute Gasteiger partial charge is 0.435 e. The van der Waals surface area contributed by atoms with Crippen LogP contribution in [0.2, 0.25) is 0 Å². The SMILES string of the molecule is CCNc1ncnc(Oc2cnn(CC)c2)c1C(C)C. The topological polar surface area (TPSA) is 64.9 Å². The molecule has 0 atom stereocenters. The standard InChI is InChI=1S/C14H21N5O/c1-5-15-13-12(10(3)4)14(17-9-16-13)20-11-7-18-19(6-2)8-11/h7-10H,5-6H2,1-4H3,(H,15,16,17). The van der Waals surface area contributed by atoms with Crippen molar-refractivity contribution in [3.05, 3.63) is 24.3 Å². The molecular weight excluding hydrogens is 254 g/mol. The number of rotatable bonds is 6. The second kappa shape index (κ2) is 6.36. The van der Waals surface area contributed by atoms with Crippen LogP contribution < -0.4 is 10.1 Å². The molecule has 0 saturated heterocycles. The Morgan fingerprint density at radius 3 is 2.70 bits per heavy atom. The first-order valence-corrected chi connectivity index (χ1v) is 6.94. The molecule has 1 N–H and O–H groups in total. The first-order chi connectivity index (χ1) is 9.65. The van der Waals surface area contributed by atoms with Gasteiger partial charge in [-0.2, -0.15) is 5.10 Å². The summed E-state index contributed by atoms with van der Waals surface area (Å²) in [6, 6.07) is 0. The Kier molecular flexibility index (Phi) is 4.55. The smallest absolute Gasteiger partial charge is 0.228 e. The van der Waals surface area contributed by atoms with Gasteiger partial charge < -0.3 is 10.1 Å². The molecule has 0 bridgehead atoms. The van der Waals surface area contributed by atoms with Crippen molar-refractivity contribution >= 4 is 5.82 Å². The van der Waals surface area contributed by atoms with Crippen LogP contribution in [-0.4, -0.2) is 26.3 Å². The van der Waals surface area contributed by atoms with Crippen LogP contribution in [0.3, 0.4) is 0 Å². The van der Waals surface area contributed by atoms with Crippen molar-refractivity contribution in [1.82, 2.24) is 19.7 Å². The van der Waals surface area contributed by atoms with Gasteiger partial charge in [0.05, 0.1) is 18.0 Å². The van der Waals surface area contributed by atoms with E-state index >= 15 is 0 Å². The van der Waals surface area contributed by atoms with Crippen molar-refractivity contribution < 1.29 is 4.74 Å². The number of anilines is 1. The average molecular weight is 275 g/mol. The molecule has 2 heterocycles. The second-order valence-electron chi connectivity index (χ2n) is 4.76. The van der Waals surface area contributed by atoms with E-state index in [4.69, 9.17) is 4.74 Å². The summed E-state index contributed by atoms with van der Waals surface area (Å²) in [5, 5.41) is 7.44. The third-order valence-corrected chi connectivity index (χ3v) is 2.92. The van der Waals surface area contributed by atoms with Crippen LogP contribution in [0.1, 0.15) is 39.2 Å². The molecule has 0 spiro atoms. The molecular formula is C14H21N5O. The van der Waals surface area contributed by atoms with E-state index in [9.17, 15) is 0 Å². The average Bonchev–Trinajstić information content (AvgIpc) is 2.86. The fourth-order valence-electron chi connectivity index (χ4n) is 1.97.